The Hall–Kier alpha value is -2.23. The molecule has 1 N–H and O–H groups in total. The fraction of sp³-hybridized carbons (Fsp3) is 0.188. The molecule has 0 amide bonds. The van der Waals surface area contributed by atoms with Gasteiger partial charge in [-0.15, -0.1) is 0 Å². The van der Waals surface area contributed by atoms with E-state index >= 15 is 0 Å². The maximum Gasteiger partial charge on any atom is 0.169 e. The lowest BCUT2D eigenvalue weighted by molar-refractivity contribution is 0.0970. The molecule has 0 saturated heterocycles. The minimum absolute atomic E-state index is 0.00127. The topological polar surface area (TPSA) is 29.1 Å². The van der Waals surface area contributed by atoms with Gasteiger partial charge in [-0.3, -0.25) is 4.79 Å². The van der Waals surface area contributed by atoms with Crippen molar-refractivity contribution in [3.05, 3.63) is 65.2 Å². The Labute approximate surface area is 115 Å². The van der Waals surface area contributed by atoms with Crippen LogP contribution >= 0.6 is 0 Å². The molecule has 0 aromatic heterocycles. The van der Waals surface area contributed by atoms with Crippen molar-refractivity contribution in [2.24, 2.45) is 0 Å². The molecule has 1 unspecified atom stereocenters. The third-order valence-corrected chi connectivity index (χ3v) is 3.62. The molecule has 3 rings (SSSR count). The Balaban J connectivity index is 1.83. The van der Waals surface area contributed by atoms with Crippen LogP contribution in [0.25, 0.3) is 0 Å². The highest BCUT2D eigenvalue weighted by Gasteiger charge is 2.26. The molecule has 0 radical (unpaired) electrons. The van der Waals surface area contributed by atoms with E-state index < -0.39 is 11.6 Å². The fourth-order valence-electron chi connectivity index (χ4n) is 2.59. The zero-order valence-corrected chi connectivity index (χ0v) is 10.7. The Morgan fingerprint density at radius 1 is 1.15 bits per heavy atom. The second-order valence-corrected chi connectivity index (χ2v) is 4.89. The molecule has 1 aliphatic heterocycles. The van der Waals surface area contributed by atoms with Gasteiger partial charge in [0.05, 0.1) is 5.56 Å². The molecule has 0 aliphatic carbocycles. The minimum atomic E-state index is -1.06. The average molecular weight is 273 g/mol. The fourth-order valence-corrected chi connectivity index (χ4v) is 2.59. The van der Waals surface area contributed by atoms with Crippen molar-refractivity contribution >= 4 is 11.5 Å². The van der Waals surface area contributed by atoms with Gasteiger partial charge in [-0.05, 0) is 23.8 Å². The first kappa shape index (κ1) is 12.8. The van der Waals surface area contributed by atoms with Gasteiger partial charge < -0.3 is 5.32 Å². The van der Waals surface area contributed by atoms with E-state index in [1.807, 2.05) is 24.3 Å². The summed E-state index contributed by atoms with van der Waals surface area (Å²) in [4.78, 5) is 12.1. The zero-order chi connectivity index (χ0) is 14.1. The summed E-state index contributed by atoms with van der Waals surface area (Å²) in [5.41, 5.74) is 1.89. The largest absolute Gasteiger partial charge is 0.384 e. The van der Waals surface area contributed by atoms with E-state index in [1.54, 1.807) is 0 Å². The van der Waals surface area contributed by atoms with Gasteiger partial charge in [-0.1, -0.05) is 24.3 Å². The van der Waals surface area contributed by atoms with E-state index in [9.17, 15) is 13.6 Å². The van der Waals surface area contributed by atoms with Gasteiger partial charge in [-0.25, -0.2) is 8.78 Å². The number of anilines is 1. The van der Waals surface area contributed by atoms with E-state index in [2.05, 4.69) is 5.32 Å². The first-order chi connectivity index (χ1) is 9.66. The maximum atomic E-state index is 13.6. The molecule has 2 aromatic carbocycles. The molecule has 1 atom stereocenters. The van der Waals surface area contributed by atoms with Crippen LogP contribution in [0, 0.1) is 11.6 Å². The number of Topliss-reactive ketones (excluding diaryl/α,β-unsaturated/α-hetero) is 1. The lowest BCUT2D eigenvalue weighted by Gasteiger charge is -2.10. The Morgan fingerprint density at radius 2 is 1.95 bits per heavy atom. The Morgan fingerprint density at radius 3 is 2.80 bits per heavy atom. The first-order valence-electron chi connectivity index (χ1n) is 6.47. The quantitative estimate of drug-likeness (QED) is 0.863. The predicted molar refractivity (Wildman–Crippen MR) is 73.0 cm³/mol. The van der Waals surface area contributed by atoms with Crippen molar-refractivity contribution in [2.75, 3.05) is 11.9 Å². The summed E-state index contributed by atoms with van der Waals surface area (Å²) in [7, 11) is 0. The summed E-state index contributed by atoms with van der Waals surface area (Å²) < 4.78 is 26.8. The Kier molecular flexibility index (Phi) is 3.22. The number of hydrogen-bond donors (Lipinski definition) is 1. The molecule has 1 aliphatic rings. The summed E-state index contributed by atoms with van der Waals surface area (Å²) in [6, 6.07) is 11.4. The summed E-state index contributed by atoms with van der Waals surface area (Å²) >= 11 is 0. The molecule has 1 heterocycles. The number of carbonyl (C=O) groups excluding carboxylic acids is 1. The Bertz CT molecular complexity index is 669. The minimum Gasteiger partial charge on any atom is -0.384 e. The highest BCUT2D eigenvalue weighted by atomic mass is 19.2. The molecule has 0 bridgehead atoms. The number of ketones is 1. The molecule has 102 valence electrons. The predicted octanol–water partition coefficient (Wildman–Crippen LogP) is 3.75. The standard InChI is InChI=1S/C16H13F2NO/c17-13-6-3-5-12(16(13)18)15(20)8-10-9-19-14-7-2-1-4-11(10)14/h1-7,10,19H,8-9H2. The van der Waals surface area contributed by atoms with Gasteiger partial charge in [0.25, 0.3) is 0 Å². The summed E-state index contributed by atoms with van der Waals surface area (Å²) in [5, 5.41) is 3.21. The smallest absolute Gasteiger partial charge is 0.169 e. The van der Waals surface area contributed by atoms with Gasteiger partial charge >= 0.3 is 0 Å². The number of carbonyl (C=O) groups is 1. The third-order valence-electron chi connectivity index (χ3n) is 3.62. The van der Waals surface area contributed by atoms with Crippen molar-refractivity contribution in [1.82, 2.24) is 0 Å². The normalized spacial score (nSPS) is 16.6. The number of hydrogen-bond acceptors (Lipinski definition) is 2. The van der Waals surface area contributed by atoms with E-state index in [0.29, 0.717) is 6.54 Å². The summed E-state index contributed by atoms with van der Waals surface area (Å²) in [6.07, 6.45) is 0.171. The average Bonchev–Trinajstić information content (AvgIpc) is 2.85. The molecule has 0 fully saturated rings. The van der Waals surface area contributed by atoms with Crippen LogP contribution in [0.4, 0.5) is 14.5 Å². The molecular formula is C16H13F2NO. The molecule has 2 nitrogen and oxygen atoms in total. The number of para-hydroxylation sites is 1. The van der Waals surface area contributed by atoms with Crippen LogP contribution in [0.5, 0.6) is 0 Å². The summed E-state index contributed by atoms with van der Waals surface area (Å²) in [5.74, 6) is -2.41. The molecule has 4 heteroatoms. The van der Waals surface area contributed by atoms with Crippen LogP contribution in [-0.4, -0.2) is 12.3 Å². The second kappa shape index (κ2) is 5.04. The van der Waals surface area contributed by atoms with E-state index in [4.69, 9.17) is 0 Å². The van der Waals surface area contributed by atoms with Crippen molar-refractivity contribution in [3.63, 3.8) is 0 Å². The van der Waals surface area contributed by atoms with Crippen LogP contribution < -0.4 is 5.32 Å². The van der Waals surface area contributed by atoms with E-state index in [-0.39, 0.29) is 23.7 Å². The van der Waals surface area contributed by atoms with Crippen molar-refractivity contribution in [3.8, 4) is 0 Å². The van der Waals surface area contributed by atoms with Crippen molar-refractivity contribution in [1.29, 1.82) is 0 Å². The van der Waals surface area contributed by atoms with Gasteiger partial charge in [0.2, 0.25) is 0 Å². The van der Waals surface area contributed by atoms with Crippen LogP contribution in [-0.2, 0) is 0 Å². The lowest BCUT2D eigenvalue weighted by atomic mass is 9.93. The second-order valence-electron chi connectivity index (χ2n) is 4.89. The van der Waals surface area contributed by atoms with Crippen molar-refractivity contribution < 1.29 is 13.6 Å². The molecular weight excluding hydrogens is 260 g/mol. The zero-order valence-electron chi connectivity index (χ0n) is 10.7. The molecule has 0 saturated carbocycles. The van der Waals surface area contributed by atoms with Crippen molar-refractivity contribution in [2.45, 2.75) is 12.3 Å². The molecule has 2 aromatic rings. The summed E-state index contributed by atoms with van der Waals surface area (Å²) in [6.45, 7) is 0.641. The molecule has 0 spiro atoms. The van der Waals surface area contributed by atoms with E-state index in [1.165, 1.54) is 12.1 Å². The number of nitrogens with one attached hydrogen (secondary N) is 1. The molecule has 20 heavy (non-hydrogen) atoms. The third kappa shape index (κ3) is 2.18. The van der Waals surface area contributed by atoms with Crippen LogP contribution in [0.1, 0.15) is 28.3 Å². The van der Waals surface area contributed by atoms with Crippen LogP contribution in [0.3, 0.4) is 0 Å². The number of rotatable bonds is 3. The highest BCUT2D eigenvalue weighted by Crippen LogP contribution is 2.34. The van der Waals surface area contributed by atoms with Gasteiger partial charge in [0.1, 0.15) is 0 Å². The van der Waals surface area contributed by atoms with Gasteiger partial charge in [0, 0.05) is 24.6 Å². The number of fused-ring (bicyclic) bond motifs is 1. The monoisotopic (exact) mass is 273 g/mol. The lowest BCUT2D eigenvalue weighted by Crippen LogP contribution is -2.11. The SMILES string of the molecule is O=C(CC1CNc2ccccc21)c1cccc(F)c1F. The van der Waals surface area contributed by atoms with Gasteiger partial charge in [0.15, 0.2) is 17.4 Å². The number of halogens is 2. The van der Waals surface area contributed by atoms with Crippen LogP contribution in [0.15, 0.2) is 42.5 Å². The van der Waals surface area contributed by atoms with Crippen LogP contribution in [0.2, 0.25) is 0 Å². The van der Waals surface area contributed by atoms with E-state index in [0.717, 1.165) is 17.3 Å². The van der Waals surface area contributed by atoms with Gasteiger partial charge in [-0.2, -0.15) is 0 Å². The highest BCUT2D eigenvalue weighted by molar-refractivity contribution is 5.97. The first-order valence-corrected chi connectivity index (χ1v) is 6.47. The maximum absolute atomic E-state index is 13.6. The number of benzene rings is 2.